The number of esters is 1. The molecular weight excluding hydrogens is 514 g/mol. The minimum absolute atomic E-state index is 0.0504. The van der Waals surface area contributed by atoms with E-state index in [-0.39, 0.29) is 37.4 Å². The van der Waals surface area contributed by atoms with Crippen molar-refractivity contribution >= 4 is 5.97 Å². The van der Waals surface area contributed by atoms with Crippen LogP contribution in [-0.2, 0) is 34.0 Å². The van der Waals surface area contributed by atoms with Crippen LogP contribution in [0.4, 0.5) is 0 Å². The Balaban J connectivity index is 1.32. The lowest BCUT2D eigenvalue weighted by atomic mass is 9.85. The summed E-state index contributed by atoms with van der Waals surface area (Å²) in [5.41, 5.74) is 2.55. The number of unbranched alkanes of at least 4 members (excludes halogenated alkanes) is 1. The first-order valence-electron chi connectivity index (χ1n) is 14.1. The molecule has 218 valence electrons. The molecule has 2 aromatic carbocycles. The van der Waals surface area contributed by atoms with E-state index in [0.29, 0.717) is 50.5 Å². The van der Waals surface area contributed by atoms with Gasteiger partial charge in [-0.3, -0.25) is 4.79 Å². The van der Waals surface area contributed by atoms with Gasteiger partial charge in [0.25, 0.3) is 5.09 Å². The molecule has 2 aromatic rings. The Morgan fingerprint density at radius 1 is 0.975 bits per heavy atom. The van der Waals surface area contributed by atoms with Crippen LogP contribution in [0.2, 0.25) is 0 Å². The van der Waals surface area contributed by atoms with Crippen molar-refractivity contribution in [1.82, 2.24) is 0 Å². The minimum Gasteiger partial charge on any atom is -0.461 e. The largest absolute Gasteiger partial charge is 0.461 e. The van der Waals surface area contributed by atoms with Crippen LogP contribution in [0.5, 0.6) is 0 Å². The van der Waals surface area contributed by atoms with Gasteiger partial charge in [-0.25, -0.2) is 0 Å². The first-order chi connectivity index (χ1) is 19.3. The van der Waals surface area contributed by atoms with Gasteiger partial charge < -0.3 is 24.9 Å². The molecule has 1 fully saturated rings. The van der Waals surface area contributed by atoms with E-state index in [1.807, 2.05) is 30.4 Å². The van der Waals surface area contributed by atoms with Gasteiger partial charge >= 0.3 is 5.97 Å². The maximum Gasteiger partial charge on any atom is 0.306 e. The number of benzene rings is 2. The molecule has 0 saturated heterocycles. The smallest absolute Gasteiger partial charge is 0.306 e. The fraction of sp³-hybridized carbons (Fsp3) is 0.516. The Labute approximate surface area is 235 Å². The number of carbonyl (C=O) groups is 1. The Morgan fingerprint density at radius 3 is 2.42 bits per heavy atom. The van der Waals surface area contributed by atoms with Crippen LogP contribution in [0.15, 0.2) is 66.7 Å². The van der Waals surface area contributed by atoms with E-state index in [0.717, 1.165) is 12.0 Å². The van der Waals surface area contributed by atoms with Gasteiger partial charge in [-0.2, -0.15) is 0 Å². The van der Waals surface area contributed by atoms with Gasteiger partial charge in [-0.1, -0.05) is 66.7 Å². The monoisotopic (exact) mass is 555 g/mol. The summed E-state index contributed by atoms with van der Waals surface area (Å²) < 4.78 is 5.31. The molecule has 0 unspecified atom stereocenters. The quantitative estimate of drug-likeness (QED) is 0.0840. The van der Waals surface area contributed by atoms with Gasteiger partial charge in [-0.15, -0.1) is 10.1 Å². The molecule has 9 nitrogen and oxygen atoms in total. The number of aliphatic hydroxyl groups is 3. The highest BCUT2D eigenvalue weighted by molar-refractivity contribution is 5.69. The van der Waals surface area contributed by atoms with Crippen molar-refractivity contribution in [3.05, 3.63) is 93.6 Å². The predicted octanol–water partition coefficient (Wildman–Crippen LogP) is 4.69. The third kappa shape index (κ3) is 11.1. The zero-order valence-corrected chi connectivity index (χ0v) is 22.8. The highest BCUT2D eigenvalue weighted by Crippen LogP contribution is 2.38. The lowest BCUT2D eigenvalue weighted by Crippen LogP contribution is -2.23. The number of hydrogen-bond donors (Lipinski definition) is 3. The number of ether oxygens (including phenoxy) is 1. The summed E-state index contributed by atoms with van der Waals surface area (Å²) in [6, 6.07) is 17.0. The second-order valence-corrected chi connectivity index (χ2v) is 10.5. The molecule has 3 N–H and O–H groups in total. The van der Waals surface area contributed by atoms with Crippen molar-refractivity contribution in [2.45, 2.75) is 89.3 Å². The summed E-state index contributed by atoms with van der Waals surface area (Å²) in [5.74, 6) is -0.421. The molecule has 0 spiro atoms. The SMILES string of the molecule is O=C(CCCC=CC[C@@H]1[C@@H](CC[C@@H](O)CCc2ccccc2)[C@H](O)C[C@@H]1O)OCc1cccc(CO[N+](=O)[O-])c1. The summed E-state index contributed by atoms with van der Waals surface area (Å²) in [6.07, 6.45) is 7.78. The van der Waals surface area contributed by atoms with E-state index < -0.39 is 23.4 Å². The minimum atomic E-state index is -0.848. The molecule has 0 heterocycles. The van der Waals surface area contributed by atoms with Crippen LogP contribution >= 0.6 is 0 Å². The van der Waals surface area contributed by atoms with Gasteiger partial charge in [-0.05, 0) is 79.9 Å². The summed E-state index contributed by atoms with van der Waals surface area (Å²) in [5, 5.41) is 40.9. The second-order valence-electron chi connectivity index (χ2n) is 10.5. The molecule has 0 bridgehead atoms. The molecule has 1 aliphatic rings. The average Bonchev–Trinajstić information content (AvgIpc) is 3.22. The fourth-order valence-corrected chi connectivity index (χ4v) is 5.32. The summed E-state index contributed by atoms with van der Waals surface area (Å²) >= 11 is 0. The predicted molar refractivity (Wildman–Crippen MR) is 149 cm³/mol. The van der Waals surface area contributed by atoms with Crippen LogP contribution in [0.3, 0.4) is 0 Å². The van der Waals surface area contributed by atoms with Crippen molar-refractivity contribution in [1.29, 1.82) is 0 Å². The molecule has 0 radical (unpaired) electrons. The zero-order chi connectivity index (χ0) is 28.7. The summed E-state index contributed by atoms with van der Waals surface area (Å²) in [6.45, 7) is -0.0688. The average molecular weight is 556 g/mol. The maximum atomic E-state index is 12.1. The van der Waals surface area contributed by atoms with Crippen LogP contribution in [0.1, 0.15) is 68.1 Å². The fourth-order valence-electron chi connectivity index (χ4n) is 5.32. The molecule has 3 rings (SSSR count). The van der Waals surface area contributed by atoms with E-state index in [2.05, 4.69) is 17.0 Å². The van der Waals surface area contributed by atoms with Crippen molar-refractivity contribution in [3.8, 4) is 0 Å². The van der Waals surface area contributed by atoms with Gasteiger partial charge in [0.1, 0.15) is 13.2 Å². The normalized spacial score (nSPS) is 21.4. The van der Waals surface area contributed by atoms with Gasteiger partial charge in [0.2, 0.25) is 0 Å². The Hall–Kier alpha value is -3.27. The standard InChI is InChI=1S/C31H41NO8/c33-26(16-15-23-9-4-3-5-10-23)17-18-28-27(29(34)20-30(28)35)13-6-1-2-7-14-31(36)39-21-24-11-8-12-25(19-24)22-40-32(37)38/h1,3-6,8-12,19,26-30,33-35H,2,7,13-18,20-22H2/t26-,27+,28+,29-,30+/m0/s1. The number of rotatable bonds is 17. The molecule has 5 atom stereocenters. The van der Waals surface area contributed by atoms with Crippen LogP contribution < -0.4 is 0 Å². The topological polar surface area (TPSA) is 139 Å². The van der Waals surface area contributed by atoms with E-state index in [1.165, 1.54) is 5.56 Å². The molecular formula is C31H41NO8. The number of aliphatic hydroxyl groups excluding tert-OH is 3. The number of allylic oxidation sites excluding steroid dienone is 2. The highest BCUT2D eigenvalue weighted by atomic mass is 16.9. The molecule has 1 saturated carbocycles. The molecule has 40 heavy (non-hydrogen) atoms. The maximum absolute atomic E-state index is 12.1. The number of nitrogens with zero attached hydrogens (tertiary/aromatic N) is 1. The van der Waals surface area contributed by atoms with Crippen molar-refractivity contribution in [3.63, 3.8) is 0 Å². The third-order valence-electron chi connectivity index (χ3n) is 7.52. The second kappa shape index (κ2) is 16.7. The van der Waals surface area contributed by atoms with Crippen molar-refractivity contribution < 1.29 is 34.8 Å². The first-order valence-corrected chi connectivity index (χ1v) is 14.1. The van der Waals surface area contributed by atoms with E-state index >= 15 is 0 Å². The Bertz CT molecular complexity index is 1080. The lowest BCUT2D eigenvalue weighted by Gasteiger charge is -2.23. The van der Waals surface area contributed by atoms with Crippen molar-refractivity contribution in [2.24, 2.45) is 11.8 Å². The highest BCUT2D eigenvalue weighted by Gasteiger charge is 2.40. The number of carbonyl (C=O) groups excluding carboxylic acids is 1. The van der Waals surface area contributed by atoms with E-state index in [4.69, 9.17) is 4.74 Å². The Morgan fingerprint density at radius 2 is 1.68 bits per heavy atom. The summed E-state index contributed by atoms with van der Waals surface area (Å²) in [4.78, 5) is 26.8. The van der Waals surface area contributed by atoms with Gasteiger partial charge in [0.05, 0.1) is 18.3 Å². The Kier molecular flexibility index (Phi) is 13.1. The lowest BCUT2D eigenvalue weighted by molar-refractivity contribution is -0.763. The number of aryl methyl sites for hydroxylation is 1. The summed E-state index contributed by atoms with van der Waals surface area (Å²) in [7, 11) is 0. The van der Waals surface area contributed by atoms with E-state index in [1.54, 1.807) is 24.3 Å². The zero-order valence-electron chi connectivity index (χ0n) is 22.8. The molecule has 0 amide bonds. The van der Waals surface area contributed by atoms with Crippen molar-refractivity contribution in [2.75, 3.05) is 0 Å². The first kappa shape index (κ1) is 31.3. The van der Waals surface area contributed by atoms with E-state index in [9.17, 15) is 30.2 Å². The molecule has 9 heteroatoms. The van der Waals surface area contributed by atoms with Gasteiger partial charge in [0, 0.05) is 6.42 Å². The van der Waals surface area contributed by atoms with Crippen LogP contribution in [0.25, 0.3) is 0 Å². The van der Waals surface area contributed by atoms with Crippen LogP contribution in [0, 0.1) is 22.0 Å². The van der Waals surface area contributed by atoms with Gasteiger partial charge in [0.15, 0.2) is 0 Å². The molecule has 1 aliphatic carbocycles. The van der Waals surface area contributed by atoms with Crippen LogP contribution in [-0.4, -0.2) is 44.7 Å². The number of hydrogen-bond acceptors (Lipinski definition) is 8. The molecule has 0 aliphatic heterocycles. The molecule has 0 aromatic heterocycles. The third-order valence-corrected chi connectivity index (χ3v) is 7.52.